The van der Waals surface area contributed by atoms with Gasteiger partial charge in [0.25, 0.3) is 5.91 Å². The van der Waals surface area contributed by atoms with E-state index in [4.69, 9.17) is 4.74 Å². The fraction of sp³-hybridized carbons (Fsp3) is 0.333. The van der Waals surface area contributed by atoms with Gasteiger partial charge in [-0.05, 0) is 31.2 Å². The minimum absolute atomic E-state index is 0.0839. The topological polar surface area (TPSA) is 67.4 Å². The lowest BCUT2D eigenvalue weighted by atomic mass is 10.3. The fourth-order valence-electron chi connectivity index (χ4n) is 1.17. The van der Waals surface area contributed by atoms with Crippen LogP contribution in [0.1, 0.15) is 6.92 Å². The monoisotopic (exact) mass is 254 g/mol. The largest absolute Gasteiger partial charge is 0.484 e. The molecule has 6 heteroatoms. The predicted molar refractivity (Wildman–Crippen MR) is 63.6 cm³/mol. The Bertz CT molecular complexity index is 406. The lowest BCUT2D eigenvalue weighted by molar-refractivity contribution is -0.127. The first-order valence-corrected chi connectivity index (χ1v) is 5.53. The Balaban J connectivity index is 2.24. The van der Waals surface area contributed by atoms with E-state index in [1.54, 1.807) is 6.92 Å². The number of hydrogen-bond acceptors (Lipinski definition) is 3. The lowest BCUT2D eigenvalue weighted by Crippen LogP contribution is -2.38. The van der Waals surface area contributed by atoms with Crippen LogP contribution in [0.5, 0.6) is 5.75 Å². The Hall–Kier alpha value is -2.11. The molecule has 0 unspecified atom stereocenters. The number of carbonyl (C=O) groups excluding carboxylic acids is 2. The second-order valence-corrected chi connectivity index (χ2v) is 3.47. The van der Waals surface area contributed by atoms with Crippen LogP contribution in [0.25, 0.3) is 0 Å². The van der Waals surface area contributed by atoms with E-state index in [0.29, 0.717) is 12.3 Å². The highest BCUT2D eigenvalue weighted by molar-refractivity contribution is 5.85. The minimum atomic E-state index is -0.412. The maximum Gasteiger partial charge on any atom is 0.258 e. The summed E-state index contributed by atoms with van der Waals surface area (Å²) >= 11 is 0. The minimum Gasteiger partial charge on any atom is -0.484 e. The summed E-state index contributed by atoms with van der Waals surface area (Å²) in [5.74, 6) is -0.647. The third-order valence-corrected chi connectivity index (χ3v) is 2.00. The van der Waals surface area contributed by atoms with E-state index in [9.17, 15) is 14.0 Å². The number of ether oxygens (including phenoxy) is 1. The van der Waals surface area contributed by atoms with Gasteiger partial charge in [0.15, 0.2) is 6.61 Å². The molecule has 0 aliphatic rings. The number of halogens is 1. The third-order valence-electron chi connectivity index (χ3n) is 2.00. The van der Waals surface area contributed by atoms with Gasteiger partial charge in [0.2, 0.25) is 5.91 Å². The SMILES string of the molecule is CCNC(=O)CNC(=O)COc1ccc(F)cc1. The molecule has 0 spiro atoms. The molecule has 0 heterocycles. The second-order valence-electron chi connectivity index (χ2n) is 3.47. The molecule has 98 valence electrons. The van der Waals surface area contributed by atoms with Crippen LogP contribution in [0.15, 0.2) is 24.3 Å². The van der Waals surface area contributed by atoms with Gasteiger partial charge in [-0.1, -0.05) is 0 Å². The first kappa shape index (κ1) is 14.0. The van der Waals surface area contributed by atoms with Crippen molar-refractivity contribution in [3.8, 4) is 5.75 Å². The number of carbonyl (C=O) groups is 2. The van der Waals surface area contributed by atoms with Gasteiger partial charge in [-0.25, -0.2) is 4.39 Å². The summed E-state index contributed by atoms with van der Waals surface area (Å²) in [5.41, 5.74) is 0. The number of benzene rings is 1. The van der Waals surface area contributed by atoms with Crippen LogP contribution in [0.2, 0.25) is 0 Å². The molecule has 0 bridgehead atoms. The summed E-state index contributed by atoms with van der Waals surface area (Å²) < 4.78 is 17.7. The average Bonchev–Trinajstić information content (AvgIpc) is 2.36. The summed E-state index contributed by atoms with van der Waals surface area (Å²) in [6, 6.07) is 5.32. The molecule has 0 saturated carbocycles. The van der Waals surface area contributed by atoms with Gasteiger partial charge >= 0.3 is 0 Å². The number of nitrogens with one attached hydrogen (secondary N) is 2. The van der Waals surface area contributed by atoms with E-state index in [1.807, 2.05) is 0 Å². The molecule has 0 atom stereocenters. The van der Waals surface area contributed by atoms with Crippen LogP contribution in [0, 0.1) is 5.82 Å². The zero-order valence-corrected chi connectivity index (χ0v) is 10.0. The summed E-state index contributed by atoms with van der Waals surface area (Å²) in [6.45, 7) is 2.00. The van der Waals surface area contributed by atoms with Gasteiger partial charge < -0.3 is 15.4 Å². The van der Waals surface area contributed by atoms with Gasteiger partial charge in [0.05, 0.1) is 6.54 Å². The molecule has 0 radical (unpaired) electrons. The maximum atomic E-state index is 12.6. The van der Waals surface area contributed by atoms with Gasteiger partial charge in [-0.15, -0.1) is 0 Å². The molecule has 0 aliphatic heterocycles. The van der Waals surface area contributed by atoms with E-state index < -0.39 is 5.91 Å². The summed E-state index contributed by atoms with van der Waals surface area (Å²) in [6.07, 6.45) is 0. The van der Waals surface area contributed by atoms with Crippen LogP contribution < -0.4 is 15.4 Å². The number of amides is 2. The molecular formula is C12H15FN2O3. The second kappa shape index (κ2) is 7.26. The fourth-order valence-corrected chi connectivity index (χ4v) is 1.17. The molecule has 2 N–H and O–H groups in total. The molecule has 1 rings (SSSR count). The van der Waals surface area contributed by atoms with E-state index in [1.165, 1.54) is 24.3 Å². The molecule has 18 heavy (non-hydrogen) atoms. The molecule has 0 saturated heterocycles. The van der Waals surface area contributed by atoms with Crippen molar-refractivity contribution in [2.45, 2.75) is 6.92 Å². The number of likely N-dealkylation sites (N-methyl/N-ethyl adjacent to an activating group) is 1. The van der Waals surface area contributed by atoms with Gasteiger partial charge in [-0.3, -0.25) is 9.59 Å². The highest BCUT2D eigenvalue weighted by Crippen LogP contribution is 2.10. The molecule has 2 amide bonds. The highest BCUT2D eigenvalue weighted by atomic mass is 19.1. The molecule has 0 aromatic heterocycles. The quantitative estimate of drug-likeness (QED) is 0.775. The Morgan fingerprint density at radius 1 is 1.17 bits per heavy atom. The van der Waals surface area contributed by atoms with Crippen LogP contribution in [0.3, 0.4) is 0 Å². The van der Waals surface area contributed by atoms with Gasteiger partial charge in [-0.2, -0.15) is 0 Å². The lowest BCUT2D eigenvalue weighted by Gasteiger charge is -2.07. The molecule has 1 aromatic carbocycles. The summed E-state index contributed by atoms with van der Waals surface area (Å²) in [4.78, 5) is 22.4. The first-order chi connectivity index (χ1) is 8.61. The highest BCUT2D eigenvalue weighted by Gasteiger charge is 2.05. The van der Waals surface area contributed by atoms with Crippen molar-refractivity contribution in [3.05, 3.63) is 30.1 Å². The normalized spacial score (nSPS) is 9.67. The van der Waals surface area contributed by atoms with Crippen LogP contribution in [-0.4, -0.2) is 31.5 Å². The van der Waals surface area contributed by atoms with Crippen molar-refractivity contribution in [1.29, 1.82) is 0 Å². The van der Waals surface area contributed by atoms with Crippen molar-refractivity contribution in [1.82, 2.24) is 10.6 Å². The zero-order valence-electron chi connectivity index (χ0n) is 10.0. The van der Waals surface area contributed by atoms with Crippen molar-refractivity contribution >= 4 is 11.8 Å². The number of hydrogen-bond donors (Lipinski definition) is 2. The predicted octanol–water partition coefficient (Wildman–Crippen LogP) is 0.457. The third kappa shape index (κ3) is 5.29. The van der Waals surface area contributed by atoms with Crippen LogP contribution >= 0.6 is 0 Å². The van der Waals surface area contributed by atoms with Crippen LogP contribution in [-0.2, 0) is 9.59 Å². The number of rotatable bonds is 6. The summed E-state index contributed by atoms with van der Waals surface area (Å²) in [7, 11) is 0. The average molecular weight is 254 g/mol. The van der Waals surface area contributed by atoms with Crippen molar-refractivity contribution in [2.24, 2.45) is 0 Å². The van der Waals surface area contributed by atoms with E-state index in [-0.39, 0.29) is 24.9 Å². The van der Waals surface area contributed by atoms with Crippen molar-refractivity contribution < 1.29 is 18.7 Å². The van der Waals surface area contributed by atoms with E-state index >= 15 is 0 Å². The Morgan fingerprint density at radius 3 is 2.44 bits per heavy atom. The smallest absolute Gasteiger partial charge is 0.258 e. The first-order valence-electron chi connectivity index (χ1n) is 5.53. The van der Waals surface area contributed by atoms with E-state index in [2.05, 4.69) is 10.6 Å². The molecular weight excluding hydrogens is 239 g/mol. The standard InChI is InChI=1S/C12H15FN2O3/c1-2-14-11(16)7-15-12(17)8-18-10-5-3-9(13)4-6-10/h3-6H,2,7-8H2,1H3,(H,14,16)(H,15,17). The molecule has 1 aromatic rings. The van der Waals surface area contributed by atoms with E-state index in [0.717, 1.165) is 0 Å². The van der Waals surface area contributed by atoms with Crippen LogP contribution in [0.4, 0.5) is 4.39 Å². The molecule has 0 aliphatic carbocycles. The van der Waals surface area contributed by atoms with Gasteiger partial charge in [0, 0.05) is 6.54 Å². The Kier molecular flexibility index (Phi) is 5.63. The maximum absolute atomic E-state index is 12.6. The van der Waals surface area contributed by atoms with Gasteiger partial charge in [0.1, 0.15) is 11.6 Å². The van der Waals surface area contributed by atoms with Crippen molar-refractivity contribution in [3.63, 3.8) is 0 Å². The Labute approximate surface area is 104 Å². The molecule has 5 nitrogen and oxygen atoms in total. The Morgan fingerprint density at radius 2 is 1.83 bits per heavy atom. The zero-order chi connectivity index (χ0) is 13.4. The molecule has 0 fully saturated rings. The summed E-state index contributed by atoms with van der Waals surface area (Å²) in [5, 5.41) is 4.94. The van der Waals surface area contributed by atoms with Crippen molar-refractivity contribution in [2.75, 3.05) is 19.7 Å².